The van der Waals surface area contributed by atoms with E-state index in [0.717, 1.165) is 12.3 Å². The van der Waals surface area contributed by atoms with Crippen LogP contribution < -0.4 is 10.1 Å². The molecule has 0 aliphatic carbocycles. The molecule has 4 heteroatoms. The van der Waals surface area contributed by atoms with E-state index in [1.165, 1.54) is 11.1 Å². The molecule has 0 spiro atoms. The quantitative estimate of drug-likeness (QED) is 0.934. The van der Waals surface area contributed by atoms with Gasteiger partial charge < -0.3 is 10.1 Å². The van der Waals surface area contributed by atoms with Crippen LogP contribution in [0.25, 0.3) is 0 Å². The third-order valence-electron chi connectivity index (χ3n) is 4.11. The Bertz CT molecular complexity index is 588. The van der Waals surface area contributed by atoms with Crippen molar-refractivity contribution in [2.75, 3.05) is 20.7 Å². The maximum Gasteiger partial charge on any atom is 0.124 e. The molecule has 2 atom stereocenters. The van der Waals surface area contributed by atoms with E-state index in [1.807, 2.05) is 31.6 Å². The molecular weight excluding hydrogens is 262 g/mol. The van der Waals surface area contributed by atoms with Crippen molar-refractivity contribution in [2.24, 2.45) is 0 Å². The van der Waals surface area contributed by atoms with Crippen LogP contribution in [0.5, 0.6) is 5.75 Å². The molecule has 1 aromatic heterocycles. The number of benzene rings is 1. The Balaban J connectivity index is 1.79. The fraction of sp³-hybridized carbons (Fsp3) is 0.353. The van der Waals surface area contributed by atoms with Gasteiger partial charge in [0.05, 0.1) is 12.1 Å². The molecule has 1 aliphatic rings. The van der Waals surface area contributed by atoms with E-state index in [-0.39, 0.29) is 6.04 Å². The van der Waals surface area contributed by atoms with Gasteiger partial charge in [0, 0.05) is 24.5 Å². The molecule has 0 fully saturated rings. The molecule has 21 heavy (non-hydrogen) atoms. The van der Waals surface area contributed by atoms with Gasteiger partial charge in [-0.2, -0.15) is 0 Å². The number of likely N-dealkylation sites (N-methyl/N-ethyl adjacent to an activating group) is 2. The molecule has 0 radical (unpaired) electrons. The molecule has 2 heterocycles. The lowest BCUT2D eigenvalue weighted by Crippen LogP contribution is -2.47. The zero-order chi connectivity index (χ0) is 14.7. The number of hydrogen-bond donors (Lipinski definition) is 1. The van der Waals surface area contributed by atoms with Crippen LogP contribution in [0, 0.1) is 0 Å². The predicted molar refractivity (Wildman–Crippen MR) is 83.2 cm³/mol. The Morgan fingerprint density at radius 3 is 2.76 bits per heavy atom. The van der Waals surface area contributed by atoms with Crippen LogP contribution in [0.15, 0.2) is 48.8 Å². The first-order valence-corrected chi connectivity index (χ1v) is 7.27. The average Bonchev–Trinajstić information content (AvgIpc) is 2.54. The van der Waals surface area contributed by atoms with E-state index < -0.39 is 0 Å². The van der Waals surface area contributed by atoms with Gasteiger partial charge in [0.1, 0.15) is 12.4 Å². The fourth-order valence-corrected chi connectivity index (χ4v) is 2.97. The van der Waals surface area contributed by atoms with E-state index in [1.54, 1.807) is 0 Å². The van der Waals surface area contributed by atoms with Crippen LogP contribution in [0.3, 0.4) is 0 Å². The van der Waals surface area contributed by atoms with Gasteiger partial charge in [0.25, 0.3) is 0 Å². The van der Waals surface area contributed by atoms with Crippen molar-refractivity contribution in [1.29, 1.82) is 0 Å². The van der Waals surface area contributed by atoms with Crippen LogP contribution >= 0.6 is 0 Å². The number of hydrogen-bond acceptors (Lipinski definition) is 4. The summed E-state index contributed by atoms with van der Waals surface area (Å²) >= 11 is 0. The summed E-state index contributed by atoms with van der Waals surface area (Å²) in [5.74, 6) is 0.991. The number of fused-ring (bicyclic) bond motifs is 1. The zero-order valence-electron chi connectivity index (χ0n) is 12.5. The third kappa shape index (κ3) is 2.91. The van der Waals surface area contributed by atoms with Crippen molar-refractivity contribution in [3.8, 4) is 5.75 Å². The minimum atomic E-state index is 0.279. The summed E-state index contributed by atoms with van der Waals surface area (Å²) in [7, 11) is 4.16. The second kappa shape index (κ2) is 6.24. The largest absolute Gasteiger partial charge is 0.492 e. The number of pyridine rings is 1. The first kappa shape index (κ1) is 14.0. The van der Waals surface area contributed by atoms with E-state index in [9.17, 15) is 0 Å². The van der Waals surface area contributed by atoms with Gasteiger partial charge in [-0.3, -0.25) is 9.88 Å². The Kier molecular flexibility index (Phi) is 4.18. The molecule has 1 N–H and O–H groups in total. The van der Waals surface area contributed by atoms with Gasteiger partial charge in [0.15, 0.2) is 0 Å². The highest BCUT2D eigenvalue weighted by Gasteiger charge is 2.32. The van der Waals surface area contributed by atoms with Crippen molar-refractivity contribution in [2.45, 2.75) is 18.6 Å². The zero-order valence-corrected chi connectivity index (χ0v) is 12.5. The van der Waals surface area contributed by atoms with Gasteiger partial charge in [-0.25, -0.2) is 0 Å². The summed E-state index contributed by atoms with van der Waals surface area (Å²) in [6.45, 7) is 1.58. The summed E-state index contributed by atoms with van der Waals surface area (Å²) in [6, 6.07) is 13.0. The van der Waals surface area contributed by atoms with Crippen LogP contribution in [-0.4, -0.2) is 36.6 Å². The lowest BCUT2D eigenvalue weighted by atomic mass is 9.95. The maximum atomic E-state index is 5.93. The Hall–Kier alpha value is -1.91. The van der Waals surface area contributed by atoms with Crippen molar-refractivity contribution in [1.82, 2.24) is 15.2 Å². The highest BCUT2D eigenvalue weighted by atomic mass is 16.5. The van der Waals surface area contributed by atoms with Gasteiger partial charge in [-0.05, 0) is 37.9 Å². The first-order chi connectivity index (χ1) is 10.3. The third-order valence-corrected chi connectivity index (χ3v) is 4.11. The molecule has 1 aliphatic heterocycles. The maximum absolute atomic E-state index is 5.93. The van der Waals surface area contributed by atoms with E-state index in [0.29, 0.717) is 12.6 Å². The molecule has 1 aromatic carbocycles. The lowest BCUT2D eigenvalue weighted by molar-refractivity contribution is 0.104. The molecule has 0 amide bonds. The lowest BCUT2D eigenvalue weighted by Gasteiger charge is -2.38. The smallest absolute Gasteiger partial charge is 0.124 e. The van der Waals surface area contributed by atoms with Crippen molar-refractivity contribution in [3.63, 3.8) is 0 Å². The monoisotopic (exact) mass is 283 g/mol. The second-order valence-electron chi connectivity index (χ2n) is 5.45. The van der Waals surface area contributed by atoms with E-state index in [4.69, 9.17) is 4.74 Å². The van der Waals surface area contributed by atoms with Crippen molar-refractivity contribution >= 4 is 0 Å². The standard InChI is InChI=1S/C17H21N3O/c1-18-17-14-5-3-4-6-16(14)21-12-15(17)20(2)11-13-7-9-19-10-8-13/h3-10,15,17-18H,11-12H2,1-2H3. The minimum absolute atomic E-state index is 0.279. The second-order valence-corrected chi connectivity index (χ2v) is 5.45. The van der Waals surface area contributed by atoms with Crippen molar-refractivity contribution in [3.05, 3.63) is 59.9 Å². The number of para-hydroxylation sites is 1. The summed E-state index contributed by atoms with van der Waals surface area (Å²) in [5, 5.41) is 3.44. The molecule has 0 saturated carbocycles. The van der Waals surface area contributed by atoms with E-state index in [2.05, 4.69) is 46.5 Å². The molecule has 2 aromatic rings. The van der Waals surface area contributed by atoms with Crippen LogP contribution in [0.2, 0.25) is 0 Å². The summed E-state index contributed by atoms with van der Waals surface area (Å²) in [6.07, 6.45) is 3.68. The Morgan fingerprint density at radius 2 is 2.00 bits per heavy atom. The Labute approximate surface area is 125 Å². The number of aromatic nitrogens is 1. The summed E-state index contributed by atoms with van der Waals surface area (Å²) < 4.78 is 5.93. The van der Waals surface area contributed by atoms with Crippen LogP contribution in [0.4, 0.5) is 0 Å². The highest BCUT2D eigenvalue weighted by Crippen LogP contribution is 2.33. The normalized spacial score (nSPS) is 20.9. The van der Waals surface area contributed by atoms with Gasteiger partial charge >= 0.3 is 0 Å². The molecule has 0 bridgehead atoms. The Morgan fingerprint density at radius 1 is 1.24 bits per heavy atom. The molecular formula is C17H21N3O. The first-order valence-electron chi connectivity index (χ1n) is 7.27. The van der Waals surface area contributed by atoms with Gasteiger partial charge in [-0.1, -0.05) is 18.2 Å². The molecule has 2 unspecified atom stereocenters. The van der Waals surface area contributed by atoms with Gasteiger partial charge in [-0.15, -0.1) is 0 Å². The average molecular weight is 283 g/mol. The number of nitrogens with zero attached hydrogens (tertiary/aromatic N) is 2. The van der Waals surface area contributed by atoms with E-state index >= 15 is 0 Å². The summed E-state index contributed by atoms with van der Waals surface area (Å²) in [5.41, 5.74) is 2.50. The van der Waals surface area contributed by atoms with Crippen LogP contribution in [0.1, 0.15) is 17.2 Å². The number of rotatable bonds is 4. The highest BCUT2D eigenvalue weighted by molar-refractivity contribution is 5.38. The fourth-order valence-electron chi connectivity index (χ4n) is 2.97. The van der Waals surface area contributed by atoms with Crippen molar-refractivity contribution < 1.29 is 4.74 Å². The molecule has 4 nitrogen and oxygen atoms in total. The molecule has 3 rings (SSSR count). The molecule has 110 valence electrons. The van der Waals surface area contributed by atoms with Gasteiger partial charge in [0.2, 0.25) is 0 Å². The number of nitrogens with one attached hydrogen (secondary N) is 1. The SMILES string of the molecule is CNC1c2ccccc2OCC1N(C)Cc1ccncc1. The topological polar surface area (TPSA) is 37.4 Å². The number of ether oxygens (including phenoxy) is 1. The predicted octanol–water partition coefficient (Wildman–Crippen LogP) is 2.24. The van der Waals surface area contributed by atoms with Crippen LogP contribution in [-0.2, 0) is 6.54 Å². The molecule has 0 saturated heterocycles. The summed E-state index contributed by atoms with van der Waals surface area (Å²) in [4.78, 5) is 6.41. The minimum Gasteiger partial charge on any atom is -0.492 e.